The lowest BCUT2D eigenvalue weighted by Gasteiger charge is -2.18. The Morgan fingerprint density at radius 3 is 2.44 bits per heavy atom. The van der Waals surface area contributed by atoms with Crippen molar-refractivity contribution in [1.82, 2.24) is 14.9 Å². The van der Waals surface area contributed by atoms with Crippen molar-refractivity contribution in [3.63, 3.8) is 0 Å². The van der Waals surface area contributed by atoms with Gasteiger partial charge in [0.15, 0.2) is 0 Å². The molecule has 1 aliphatic carbocycles. The van der Waals surface area contributed by atoms with Crippen molar-refractivity contribution in [3.8, 4) is 22.6 Å². The molecule has 2 aliphatic rings. The second-order valence-electron chi connectivity index (χ2n) is 8.50. The maximum Gasteiger partial charge on any atom is 0.245 e. The molecule has 3 atom stereocenters. The lowest BCUT2D eigenvalue weighted by atomic mass is 10.00. The molecule has 2 N–H and O–H groups in total. The molecule has 0 spiro atoms. The van der Waals surface area contributed by atoms with E-state index in [9.17, 15) is 4.79 Å². The van der Waals surface area contributed by atoms with Gasteiger partial charge in [0.1, 0.15) is 23.6 Å². The molecule has 32 heavy (non-hydrogen) atoms. The molecular formula is C26H26N4O2. The molecule has 6 nitrogen and oxygen atoms in total. The molecule has 2 fully saturated rings. The van der Waals surface area contributed by atoms with Crippen molar-refractivity contribution in [1.29, 1.82) is 0 Å². The van der Waals surface area contributed by atoms with Gasteiger partial charge in [-0.3, -0.25) is 4.79 Å². The van der Waals surface area contributed by atoms with Crippen molar-refractivity contribution >= 4 is 11.7 Å². The number of benzene rings is 2. The zero-order valence-electron chi connectivity index (χ0n) is 17.9. The monoisotopic (exact) mass is 426 g/mol. The minimum atomic E-state index is 0.0431. The number of nitrogen functional groups attached to an aromatic ring is 1. The van der Waals surface area contributed by atoms with E-state index < -0.39 is 0 Å². The first-order valence-electron chi connectivity index (χ1n) is 11.0. The van der Waals surface area contributed by atoms with Gasteiger partial charge in [0.05, 0.1) is 5.69 Å². The van der Waals surface area contributed by atoms with Crippen LogP contribution >= 0.6 is 0 Å². The van der Waals surface area contributed by atoms with E-state index in [1.54, 1.807) is 6.33 Å². The summed E-state index contributed by atoms with van der Waals surface area (Å²) >= 11 is 0. The Morgan fingerprint density at radius 2 is 1.75 bits per heavy atom. The van der Waals surface area contributed by atoms with Crippen LogP contribution in [0.3, 0.4) is 0 Å². The molecule has 0 bridgehead atoms. The highest BCUT2D eigenvalue weighted by Crippen LogP contribution is 2.54. The minimum Gasteiger partial charge on any atom is -0.457 e. The molecule has 1 amide bonds. The van der Waals surface area contributed by atoms with Gasteiger partial charge in [0.25, 0.3) is 0 Å². The second-order valence-corrected chi connectivity index (χ2v) is 8.50. The number of hydrogen-bond donors (Lipinski definition) is 1. The zero-order valence-corrected chi connectivity index (χ0v) is 17.9. The van der Waals surface area contributed by atoms with Gasteiger partial charge < -0.3 is 15.4 Å². The molecular weight excluding hydrogens is 400 g/mol. The molecule has 162 valence electrons. The van der Waals surface area contributed by atoms with E-state index in [0.717, 1.165) is 54.3 Å². The summed E-state index contributed by atoms with van der Waals surface area (Å²) in [6.45, 7) is 5.29. The molecule has 1 unspecified atom stereocenters. The summed E-state index contributed by atoms with van der Waals surface area (Å²) in [6, 6.07) is 17.6. The third kappa shape index (κ3) is 3.96. The number of ether oxygens (including phenoxy) is 1. The summed E-state index contributed by atoms with van der Waals surface area (Å²) in [5.41, 5.74) is 9.11. The summed E-state index contributed by atoms with van der Waals surface area (Å²) < 4.78 is 5.90. The fourth-order valence-corrected chi connectivity index (χ4v) is 4.95. The van der Waals surface area contributed by atoms with Gasteiger partial charge in [-0.25, -0.2) is 9.97 Å². The van der Waals surface area contributed by atoms with Crippen molar-refractivity contribution in [2.45, 2.75) is 12.8 Å². The number of aryl methyl sites for hydroxylation is 1. The van der Waals surface area contributed by atoms with E-state index in [1.807, 2.05) is 59.5 Å². The third-order valence-corrected chi connectivity index (χ3v) is 6.65. The van der Waals surface area contributed by atoms with Crippen LogP contribution in [0.1, 0.15) is 12.1 Å². The number of carbonyl (C=O) groups is 1. The van der Waals surface area contributed by atoms with Crippen LogP contribution in [0.5, 0.6) is 11.5 Å². The fraction of sp³-hybridized carbons (Fsp3) is 0.269. The first kappa shape index (κ1) is 20.2. The number of nitrogens with two attached hydrogens (primary N) is 1. The number of piperidine rings is 1. The van der Waals surface area contributed by atoms with Gasteiger partial charge in [-0.2, -0.15) is 0 Å². The van der Waals surface area contributed by atoms with E-state index in [1.165, 1.54) is 6.08 Å². The highest BCUT2D eigenvalue weighted by Gasteiger charge is 2.55. The Bertz CT molecular complexity index is 1120. The van der Waals surface area contributed by atoms with Crippen molar-refractivity contribution in [2.75, 3.05) is 18.8 Å². The molecule has 6 heteroatoms. The topological polar surface area (TPSA) is 81.3 Å². The molecule has 1 aromatic heterocycles. The van der Waals surface area contributed by atoms with Crippen LogP contribution in [0.25, 0.3) is 11.1 Å². The van der Waals surface area contributed by atoms with Crippen LogP contribution in [0.4, 0.5) is 5.82 Å². The summed E-state index contributed by atoms with van der Waals surface area (Å²) in [4.78, 5) is 22.5. The quantitative estimate of drug-likeness (QED) is 0.569. The predicted molar refractivity (Wildman–Crippen MR) is 124 cm³/mol. The van der Waals surface area contributed by atoms with E-state index >= 15 is 0 Å². The van der Waals surface area contributed by atoms with E-state index in [-0.39, 0.29) is 5.91 Å². The number of hydrogen-bond acceptors (Lipinski definition) is 5. The molecule has 5 rings (SSSR count). The lowest BCUT2D eigenvalue weighted by Crippen LogP contribution is -2.29. The summed E-state index contributed by atoms with van der Waals surface area (Å²) in [6.07, 6.45) is 4.84. The normalized spacial score (nSPS) is 21.1. The van der Waals surface area contributed by atoms with Gasteiger partial charge in [-0.15, -0.1) is 0 Å². The summed E-state index contributed by atoms with van der Waals surface area (Å²) in [7, 11) is 0. The number of anilines is 1. The van der Waals surface area contributed by atoms with Crippen LogP contribution < -0.4 is 10.5 Å². The number of carbonyl (C=O) groups excluding carboxylic acids is 1. The Hall–Kier alpha value is -3.67. The smallest absolute Gasteiger partial charge is 0.245 e. The van der Waals surface area contributed by atoms with Crippen LogP contribution in [0, 0.1) is 17.8 Å². The molecule has 2 aromatic carbocycles. The molecule has 1 saturated heterocycles. The third-order valence-electron chi connectivity index (χ3n) is 6.65. The predicted octanol–water partition coefficient (Wildman–Crippen LogP) is 4.34. The number of rotatable bonds is 7. The first-order valence-corrected chi connectivity index (χ1v) is 11.0. The van der Waals surface area contributed by atoms with Crippen LogP contribution in [-0.4, -0.2) is 33.9 Å². The maximum absolute atomic E-state index is 11.8. The van der Waals surface area contributed by atoms with Crippen LogP contribution in [0.15, 0.2) is 73.6 Å². The minimum absolute atomic E-state index is 0.0431. The Kier molecular flexibility index (Phi) is 5.35. The highest BCUT2D eigenvalue weighted by molar-refractivity contribution is 5.87. The lowest BCUT2D eigenvalue weighted by molar-refractivity contribution is -0.125. The molecule has 1 aliphatic heterocycles. The first-order chi connectivity index (χ1) is 15.6. The van der Waals surface area contributed by atoms with Gasteiger partial charge in [-0.05, 0) is 66.5 Å². The van der Waals surface area contributed by atoms with Gasteiger partial charge in [-0.1, -0.05) is 36.9 Å². The maximum atomic E-state index is 11.8. The van der Waals surface area contributed by atoms with E-state index in [4.69, 9.17) is 10.5 Å². The Balaban J connectivity index is 1.26. The number of likely N-dealkylation sites (tertiary alicyclic amines) is 1. The van der Waals surface area contributed by atoms with Gasteiger partial charge in [0.2, 0.25) is 5.91 Å². The number of fused-ring (bicyclic) bond motifs is 1. The van der Waals surface area contributed by atoms with Crippen LogP contribution in [0.2, 0.25) is 0 Å². The fourth-order valence-electron chi connectivity index (χ4n) is 4.95. The number of aromatic nitrogens is 2. The van der Waals surface area contributed by atoms with Gasteiger partial charge >= 0.3 is 0 Å². The highest BCUT2D eigenvalue weighted by atomic mass is 16.5. The summed E-state index contributed by atoms with van der Waals surface area (Å²) in [5.74, 6) is 3.96. The average Bonchev–Trinajstić information content (AvgIpc) is 3.26. The molecule has 2 heterocycles. The van der Waals surface area contributed by atoms with Crippen molar-refractivity contribution < 1.29 is 9.53 Å². The molecule has 0 radical (unpaired) electrons. The Morgan fingerprint density at radius 1 is 1.06 bits per heavy atom. The standard InChI is InChI=1S/C26H26N4O2/c1-2-24(31)30-14-21-20(22(21)15-30)12-13-23-25(26(27)29-16-28-23)17-8-10-19(11-9-17)32-18-6-4-3-5-7-18/h2-11,16,20-22H,1,12-15H2,(H2,27,28,29)/t20?,21-,22+. The van der Waals surface area contributed by atoms with Crippen LogP contribution in [-0.2, 0) is 11.2 Å². The van der Waals surface area contributed by atoms with E-state index in [0.29, 0.717) is 23.6 Å². The number of amides is 1. The average molecular weight is 427 g/mol. The summed E-state index contributed by atoms with van der Waals surface area (Å²) in [5, 5.41) is 0. The largest absolute Gasteiger partial charge is 0.457 e. The molecule has 1 saturated carbocycles. The number of nitrogens with zero attached hydrogens (tertiary/aromatic N) is 3. The SMILES string of the molecule is C=CC(=O)N1C[C@@H]2C(CCc3ncnc(N)c3-c3ccc(Oc4ccccc4)cc3)[C@@H]2C1. The van der Waals surface area contributed by atoms with Gasteiger partial charge in [0, 0.05) is 18.7 Å². The second kappa shape index (κ2) is 8.46. The molecule has 3 aromatic rings. The van der Waals surface area contributed by atoms with Crippen molar-refractivity contribution in [2.24, 2.45) is 17.8 Å². The zero-order chi connectivity index (χ0) is 22.1. The number of para-hydroxylation sites is 1. The van der Waals surface area contributed by atoms with E-state index in [2.05, 4.69) is 16.5 Å². The Labute approximate surface area is 187 Å². The van der Waals surface area contributed by atoms with Crippen molar-refractivity contribution in [3.05, 3.63) is 79.3 Å².